The van der Waals surface area contributed by atoms with Crippen molar-refractivity contribution in [1.82, 2.24) is 0 Å². The van der Waals surface area contributed by atoms with E-state index in [-0.39, 0.29) is 24.5 Å². The Bertz CT molecular complexity index is 277. The van der Waals surface area contributed by atoms with E-state index in [1.807, 2.05) is 0 Å². The molecule has 13 heavy (non-hydrogen) atoms. The van der Waals surface area contributed by atoms with Crippen LogP contribution in [-0.2, 0) is 6.61 Å². The summed E-state index contributed by atoms with van der Waals surface area (Å²) in [4.78, 5) is 0. The summed E-state index contributed by atoms with van der Waals surface area (Å²) in [5, 5.41) is 8.63. The minimum Gasteiger partial charge on any atom is -0.488 e. The van der Waals surface area contributed by atoms with Crippen LogP contribution in [0, 0.1) is 11.6 Å². The van der Waals surface area contributed by atoms with Crippen LogP contribution in [0.2, 0.25) is 0 Å². The van der Waals surface area contributed by atoms with Crippen LogP contribution in [0.15, 0.2) is 12.1 Å². The zero-order valence-corrected chi connectivity index (χ0v) is 7.18. The molecule has 0 radical (unpaired) electrons. The topological polar surface area (TPSA) is 29.5 Å². The van der Waals surface area contributed by atoms with Gasteiger partial charge in [-0.05, 0) is 24.6 Å². The van der Waals surface area contributed by atoms with Gasteiger partial charge in [0.1, 0.15) is 0 Å². The van der Waals surface area contributed by atoms with E-state index in [9.17, 15) is 8.78 Å². The Balaban J connectivity index is 3.07. The molecule has 0 saturated heterocycles. The second-order valence-corrected chi connectivity index (χ2v) is 2.48. The highest BCUT2D eigenvalue weighted by atomic mass is 19.1. The van der Waals surface area contributed by atoms with Crippen molar-refractivity contribution in [3.05, 3.63) is 29.3 Å². The van der Waals surface area contributed by atoms with Crippen molar-refractivity contribution in [1.29, 1.82) is 0 Å². The molecule has 0 aliphatic heterocycles. The molecule has 0 fully saturated rings. The molecule has 0 unspecified atom stereocenters. The smallest absolute Gasteiger partial charge is 0.190 e. The van der Waals surface area contributed by atoms with Gasteiger partial charge in [-0.2, -0.15) is 0 Å². The Labute approximate surface area is 74.8 Å². The number of benzene rings is 1. The first-order valence-corrected chi connectivity index (χ1v) is 3.90. The van der Waals surface area contributed by atoms with Crippen LogP contribution in [0.1, 0.15) is 12.5 Å². The number of halogens is 2. The van der Waals surface area contributed by atoms with Gasteiger partial charge in [-0.3, -0.25) is 0 Å². The minimum absolute atomic E-state index is 0.193. The first-order chi connectivity index (χ1) is 6.19. The van der Waals surface area contributed by atoms with Gasteiger partial charge in [0.15, 0.2) is 17.4 Å². The van der Waals surface area contributed by atoms with Gasteiger partial charge in [0, 0.05) is 0 Å². The molecule has 0 aromatic heterocycles. The van der Waals surface area contributed by atoms with Crippen molar-refractivity contribution in [3.8, 4) is 5.75 Å². The molecule has 0 atom stereocenters. The van der Waals surface area contributed by atoms with Crippen LogP contribution in [0.5, 0.6) is 5.75 Å². The van der Waals surface area contributed by atoms with E-state index in [1.54, 1.807) is 6.92 Å². The van der Waals surface area contributed by atoms with Crippen LogP contribution < -0.4 is 4.74 Å². The molecule has 4 heteroatoms. The summed E-state index contributed by atoms with van der Waals surface area (Å²) in [6.45, 7) is 1.45. The van der Waals surface area contributed by atoms with Crippen molar-refractivity contribution < 1.29 is 18.6 Å². The van der Waals surface area contributed by atoms with Crippen molar-refractivity contribution in [2.75, 3.05) is 6.61 Å². The summed E-state index contributed by atoms with van der Waals surface area (Å²) in [6, 6.07) is 2.10. The highest BCUT2D eigenvalue weighted by Gasteiger charge is 2.11. The fourth-order valence-electron chi connectivity index (χ4n) is 0.986. The maximum Gasteiger partial charge on any atom is 0.190 e. The van der Waals surface area contributed by atoms with Crippen LogP contribution in [0.25, 0.3) is 0 Å². The molecule has 0 heterocycles. The van der Waals surface area contributed by atoms with E-state index < -0.39 is 11.6 Å². The fourth-order valence-corrected chi connectivity index (χ4v) is 0.986. The maximum absolute atomic E-state index is 13.0. The van der Waals surface area contributed by atoms with Gasteiger partial charge >= 0.3 is 0 Å². The summed E-state index contributed by atoms with van der Waals surface area (Å²) >= 11 is 0. The summed E-state index contributed by atoms with van der Waals surface area (Å²) in [6.07, 6.45) is 0. The lowest BCUT2D eigenvalue weighted by Gasteiger charge is -2.06. The molecule has 0 bridgehead atoms. The van der Waals surface area contributed by atoms with Crippen molar-refractivity contribution >= 4 is 0 Å². The van der Waals surface area contributed by atoms with E-state index in [0.717, 1.165) is 12.1 Å². The lowest BCUT2D eigenvalue weighted by atomic mass is 10.2. The molecule has 1 N–H and O–H groups in total. The zero-order chi connectivity index (χ0) is 9.84. The van der Waals surface area contributed by atoms with Gasteiger partial charge in [0.2, 0.25) is 0 Å². The Hall–Kier alpha value is -1.16. The van der Waals surface area contributed by atoms with Crippen molar-refractivity contribution in [3.63, 3.8) is 0 Å². The molecule has 72 valence electrons. The van der Waals surface area contributed by atoms with Gasteiger partial charge in [-0.1, -0.05) is 0 Å². The molecule has 0 aliphatic rings. The van der Waals surface area contributed by atoms with Crippen LogP contribution in [0.4, 0.5) is 8.78 Å². The lowest BCUT2D eigenvalue weighted by Crippen LogP contribution is -1.99. The van der Waals surface area contributed by atoms with Crippen molar-refractivity contribution in [2.45, 2.75) is 13.5 Å². The second-order valence-electron chi connectivity index (χ2n) is 2.48. The molecule has 1 rings (SSSR count). The summed E-state index contributed by atoms with van der Waals surface area (Å²) in [5.74, 6) is -1.96. The van der Waals surface area contributed by atoms with Crippen LogP contribution in [-0.4, -0.2) is 11.7 Å². The number of hydrogen-bond donors (Lipinski definition) is 1. The third kappa shape index (κ3) is 2.15. The Morgan fingerprint density at radius 3 is 2.23 bits per heavy atom. The summed E-state index contributed by atoms with van der Waals surface area (Å²) in [5.41, 5.74) is 0.193. The first-order valence-electron chi connectivity index (χ1n) is 3.90. The molecule has 0 saturated carbocycles. The van der Waals surface area contributed by atoms with Crippen LogP contribution in [0.3, 0.4) is 0 Å². The molecule has 2 nitrogen and oxygen atoms in total. The second kappa shape index (κ2) is 4.18. The SMILES string of the molecule is CCOc1c(F)cc(CO)cc1F. The normalized spacial score (nSPS) is 10.2. The molecule has 0 amide bonds. The van der Waals surface area contributed by atoms with E-state index in [1.165, 1.54) is 0 Å². The molecular formula is C9H10F2O2. The van der Waals surface area contributed by atoms with E-state index in [2.05, 4.69) is 0 Å². The zero-order valence-electron chi connectivity index (χ0n) is 7.18. The Morgan fingerprint density at radius 1 is 1.31 bits per heavy atom. The highest BCUT2D eigenvalue weighted by molar-refractivity contribution is 5.30. The fraction of sp³-hybridized carbons (Fsp3) is 0.333. The maximum atomic E-state index is 13.0. The molecular weight excluding hydrogens is 178 g/mol. The number of aliphatic hydroxyl groups excluding tert-OH is 1. The Kier molecular flexibility index (Phi) is 3.19. The average molecular weight is 188 g/mol. The molecule has 1 aromatic rings. The predicted molar refractivity (Wildman–Crippen MR) is 43.4 cm³/mol. The van der Waals surface area contributed by atoms with Gasteiger partial charge in [-0.25, -0.2) is 8.78 Å². The highest BCUT2D eigenvalue weighted by Crippen LogP contribution is 2.23. The Morgan fingerprint density at radius 2 is 1.85 bits per heavy atom. The number of hydrogen-bond acceptors (Lipinski definition) is 2. The van der Waals surface area contributed by atoms with E-state index in [0.29, 0.717) is 0 Å². The largest absolute Gasteiger partial charge is 0.488 e. The number of rotatable bonds is 3. The summed E-state index contributed by atoms with van der Waals surface area (Å²) < 4.78 is 30.8. The molecule has 0 aliphatic carbocycles. The van der Waals surface area contributed by atoms with Crippen LogP contribution >= 0.6 is 0 Å². The lowest BCUT2D eigenvalue weighted by molar-refractivity contribution is 0.276. The number of aliphatic hydroxyl groups is 1. The third-order valence-corrected chi connectivity index (χ3v) is 1.53. The van der Waals surface area contributed by atoms with Gasteiger partial charge < -0.3 is 9.84 Å². The molecule has 0 spiro atoms. The van der Waals surface area contributed by atoms with Crippen molar-refractivity contribution in [2.24, 2.45) is 0 Å². The average Bonchev–Trinajstić information content (AvgIpc) is 2.11. The monoisotopic (exact) mass is 188 g/mol. The summed E-state index contributed by atoms with van der Waals surface area (Å²) in [7, 11) is 0. The van der Waals surface area contributed by atoms with E-state index in [4.69, 9.17) is 9.84 Å². The first kappa shape index (κ1) is 9.92. The molecule has 1 aromatic carbocycles. The van der Waals surface area contributed by atoms with Gasteiger partial charge in [0.25, 0.3) is 0 Å². The van der Waals surface area contributed by atoms with E-state index >= 15 is 0 Å². The van der Waals surface area contributed by atoms with Gasteiger partial charge in [0.05, 0.1) is 13.2 Å². The standard InChI is InChI=1S/C9H10F2O2/c1-2-13-9-7(10)3-6(5-12)4-8(9)11/h3-4,12H,2,5H2,1H3. The predicted octanol–water partition coefficient (Wildman–Crippen LogP) is 1.86. The quantitative estimate of drug-likeness (QED) is 0.784. The number of ether oxygens (including phenoxy) is 1. The van der Waals surface area contributed by atoms with Gasteiger partial charge in [-0.15, -0.1) is 0 Å². The third-order valence-electron chi connectivity index (χ3n) is 1.53. The minimum atomic E-state index is -0.786.